The Balaban J connectivity index is 2.04. The van der Waals surface area contributed by atoms with Crippen molar-refractivity contribution >= 4 is 11.6 Å². The van der Waals surface area contributed by atoms with E-state index in [-0.39, 0.29) is 0 Å². The Hall–Kier alpha value is 0.250. The highest BCUT2D eigenvalue weighted by atomic mass is 35.5. The van der Waals surface area contributed by atoms with Crippen LogP contribution in [-0.2, 0) is 4.74 Å². The Morgan fingerprint density at radius 1 is 1.60 bits per heavy atom. The summed E-state index contributed by atoms with van der Waals surface area (Å²) in [7, 11) is 0. The highest BCUT2D eigenvalue weighted by Gasteiger charge is 2.28. The Kier molecular flexibility index (Phi) is 2.99. The molecule has 0 aromatic heterocycles. The van der Waals surface area contributed by atoms with Crippen LogP contribution in [0.25, 0.3) is 0 Å². The minimum atomic E-state index is 0.383. The van der Waals surface area contributed by atoms with Crippen molar-refractivity contribution in [3.8, 4) is 0 Å². The number of rotatable bonds is 3. The topological polar surface area (TPSA) is 9.23 Å². The zero-order chi connectivity index (χ0) is 7.56. The predicted molar refractivity (Wildman–Crippen MR) is 43.5 cm³/mol. The molecule has 0 aromatic carbocycles. The lowest BCUT2D eigenvalue weighted by atomic mass is 9.95. The molecule has 1 rings (SSSR count). The van der Waals surface area contributed by atoms with Crippen LogP contribution in [0.3, 0.4) is 0 Å². The molecule has 0 amide bonds. The van der Waals surface area contributed by atoms with Crippen molar-refractivity contribution in [2.45, 2.75) is 50.7 Å². The van der Waals surface area contributed by atoms with Crippen LogP contribution in [0.15, 0.2) is 0 Å². The first kappa shape index (κ1) is 8.35. The van der Waals surface area contributed by atoms with Gasteiger partial charge in [-0.1, -0.05) is 6.92 Å². The van der Waals surface area contributed by atoms with Gasteiger partial charge in [0.2, 0.25) is 0 Å². The molecule has 1 nitrogen and oxygen atoms in total. The third-order valence-electron chi connectivity index (χ3n) is 2.04. The third-order valence-corrected chi connectivity index (χ3v) is 2.39. The van der Waals surface area contributed by atoms with Crippen LogP contribution in [0.1, 0.15) is 33.1 Å². The van der Waals surface area contributed by atoms with E-state index in [1.54, 1.807) is 0 Å². The van der Waals surface area contributed by atoms with Gasteiger partial charge >= 0.3 is 0 Å². The van der Waals surface area contributed by atoms with Crippen molar-refractivity contribution < 1.29 is 4.74 Å². The molecule has 0 saturated heterocycles. The van der Waals surface area contributed by atoms with Crippen LogP contribution in [0.4, 0.5) is 0 Å². The maximum atomic E-state index is 5.79. The van der Waals surface area contributed by atoms with E-state index in [9.17, 15) is 0 Å². The Labute approximate surface area is 67.7 Å². The molecular formula is C8H15ClO. The van der Waals surface area contributed by atoms with E-state index in [2.05, 4.69) is 13.8 Å². The Morgan fingerprint density at radius 2 is 2.20 bits per heavy atom. The Bertz CT molecular complexity index is 99.4. The van der Waals surface area contributed by atoms with Crippen molar-refractivity contribution in [1.82, 2.24) is 0 Å². The van der Waals surface area contributed by atoms with Crippen molar-refractivity contribution in [2.24, 2.45) is 0 Å². The van der Waals surface area contributed by atoms with Crippen LogP contribution in [-0.4, -0.2) is 17.6 Å². The molecule has 10 heavy (non-hydrogen) atoms. The average Bonchev–Trinajstić information content (AvgIpc) is 1.84. The first-order chi connectivity index (χ1) is 4.72. The molecule has 0 aliphatic heterocycles. The summed E-state index contributed by atoms with van der Waals surface area (Å²) in [6.07, 6.45) is 4.06. The zero-order valence-corrected chi connectivity index (χ0v) is 7.40. The molecule has 0 spiro atoms. The molecule has 0 aromatic rings. The van der Waals surface area contributed by atoms with Gasteiger partial charge in [0, 0.05) is 5.38 Å². The first-order valence-corrected chi connectivity index (χ1v) is 4.45. The van der Waals surface area contributed by atoms with Gasteiger partial charge in [0.25, 0.3) is 0 Å². The molecule has 1 unspecified atom stereocenters. The second kappa shape index (κ2) is 3.59. The fraction of sp³-hybridized carbons (Fsp3) is 1.00. The summed E-state index contributed by atoms with van der Waals surface area (Å²) in [5, 5.41) is 0.383. The predicted octanol–water partition coefficient (Wildman–Crippen LogP) is 2.57. The zero-order valence-electron chi connectivity index (χ0n) is 6.64. The monoisotopic (exact) mass is 162 g/mol. The van der Waals surface area contributed by atoms with Crippen molar-refractivity contribution in [3.05, 3.63) is 0 Å². The van der Waals surface area contributed by atoms with Gasteiger partial charge in [-0.2, -0.15) is 0 Å². The van der Waals surface area contributed by atoms with Crippen LogP contribution in [0.5, 0.6) is 0 Å². The van der Waals surface area contributed by atoms with Crippen LogP contribution in [0, 0.1) is 0 Å². The molecule has 0 bridgehead atoms. The van der Waals surface area contributed by atoms with Crippen LogP contribution in [0.2, 0.25) is 0 Å². The largest absolute Gasteiger partial charge is 0.375 e. The quantitative estimate of drug-likeness (QED) is 0.580. The summed E-state index contributed by atoms with van der Waals surface area (Å²) in [6.45, 7) is 4.25. The molecule has 60 valence electrons. The van der Waals surface area contributed by atoms with Crippen molar-refractivity contribution in [1.29, 1.82) is 0 Å². The lowest BCUT2D eigenvalue weighted by Crippen LogP contribution is -2.34. The van der Waals surface area contributed by atoms with E-state index in [0.29, 0.717) is 17.6 Å². The molecule has 1 aliphatic rings. The highest BCUT2D eigenvalue weighted by molar-refractivity contribution is 6.21. The summed E-state index contributed by atoms with van der Waals surface area (Å²) in [4.78, 5) is 0. The molecule has 1 fully saturated rings. The minimum Gasteiger partial charge on any atom is -0.375 e. The minimum absolute atomic E-state index is 0.383. The second-order valence-corrected chi connectivity index (χ2v) is 3.66. The van der Waals surface area contributed by atoms with Gasteiger partial charge < -0.3 is 4.74 Å². The SMILES string of the molecule is CCC(C)OC1CC(Cl)C1. The molecular weight excluding hydrogens is 148 g/mol. The van der Waals surface area contributed by atoms with E-state index in [0.717, 1.165) is 19.3 Å². The molecule has 1 atom stereocenters. The molecule has 1 aliphatic carbocycles. The van der Waals surface area contributed by atoms with E-state index in [4.69, 9.17) is 16.3 Å². The lowest BCUT2D eigenvalue weighted by Gasteiger charge is -2.32. The molecule has 0 heterocycles. The summed E-state index contributed by atoms with van der Waals surface area (Å²) in [5.41, 5.74) is 0. The van der Waals surface area contributed by atoms with E-state index >= 15 is 0 Å². The molecule has 0 N–H and O–H groups in total. The molecule has 1 saturated carbocycles. The van der Waals surface area contributed by atoms with Gasteiger partial charge in [-0.3, -0.25) is 0 Å². The van der Waals surface area contributed by atoms with E-state index in [1.165, 1.54) is 0 Å². The number of hydrogen-bond donors (Lipinski definition) is 0. The van der Waals surface area contributed by atoms with Gasteiger partial charge in [0.15, 0.2) is 0 Å². The fourth-order valence-corrected chi connectivity index (χ4v) is 1.43. The normalized spacial score (nSPS) is 35.1. The smallest absolute Gasteiger partial charge is 0.0606 e. The number of halogens is 1. The van der Waals surface area contributed by atoms with Gasteiger partial charge in [0.05, 0.1) is 12.2 Å². The van der Waals surface area contributed by atoms with E-state index < -0.39 is 0 Å². The van der Waals surface area contributed by atoms with Gasteiger partial charge in [-0.25, -0.2) is 0 Å². The maximum Gasteiger partial charge on any atom is 0.0606 e. The third kappa shape index (κ3) is 2.14. The molecule has 2 heteroatoms. The average molecular weight is 163 g/mol. The Morgan fingerprint density at radius 3 is 2.60 bits per heavy atom. The van der Waals surface area contributed by atoms with Crippen molar-refractivity contribution in [3.63, 3.8) is 0 Å². The number of ether oxygens (including phenoxy) is 1. The fourth-order valence-electron chi connectivity index (χ4n) is 1.04. The van der Waals surface area contributed by atoms with Gasteiger partial charge in [-0.15, -0.1) is 11.6 Å². The summed E-state index contributed by atoms with van der Waals surface area (Å²) < 4.78 is 5.62. The number of hydrogen-bond acceptors (Lipinski definition) is 1. The van der Waals surface area contributed by atoms with Crippen LogP contribution < -0.4 is 0 Å². The lowest BCUT2D eigenvalue weighted by molar-refractivity contribution is -0.0419. The molecule has 0 radical (unpaired) electrons. The van der Waals surface area contributed by atoms with Crippen LogP contribution >= 0.6 is 11.6 Å². The highest BCUT2D eigenvalue weighted by Crippen LogP contribution is 2.29. The summed E-state index contributed by atoms with van der Waals surface area (Å²) in [6, 6.07) is 0. The first-order valence-electron chi connectivity index (χ1n) is 4.02. The standard InChI is InChI=1S/C8H15ClO/c1-3-6(2)10-8-4-7(9)5-8/h6-8H,3-5H2,1-2H3. The maximum absolute atomic E-state index is 5.79. The summed E-state index contributed by atoms with van der Waals surface area (Å²) >= 11 is 5.79. The van der Waals surface area contributed by atoms with E-state index in [1.807, 2.05) is 0 Å². The number of alkyl halides is 1. The summed E-state index contributed by atoms with van der Waals surface area (Å²) in [5.74, 6) is 0. The van der Waals surface area contributed by atoms with Gasteiger partial charge in [-0.05, 0) is 26.2 Å². The van der Waals surface area contributed by atoms with Crippen molar-refractivity contribution in [2.75, 3.05) is 0 Å². The second-order valence-electron chi connectivity index (χ2n) is 3.05. The van der Waals surface area contributed by atoms with Gasteiger partial charge in [0.1, 0.15) is 0 Å².